The first-order valence-electron chi connectivity index (χ1n) is 23.1. The zero-order valence-corrected chi connectivity index (χ0v) is 38.3. The number of nitrogens with one attached hydrogen (secondary N) is 1. The number of amides is 1. The van der Waals surface area contributed by atoms with Crippen molar-refractivity contribution in [2.75, 3.05) is 83.8 Å². The zero-order valence-electron chi connectivity index (χ0n) is 37.5. The third-order valence-electron chi connectivity index (χ3n) is 14.9. The molecule has 2 aromatic heterocycles. The van der Waals surface area contributed by atoms with Crippen LogP contribution in [0, 0.1) is 23.2 Å². The van der Waals surface area contributed by atoms with Crippen LogP contribution in [0.2, 0.25) is 0 Å². The van der Waals surface area contributed by atoms with Crippen molar-refractivity contribution in [1.82, 2.24) is 29.8 Å². The number of carbonyl (C=O) groups is 3. The second-order valence-electron chi connectivity index (χ2n) is 19.9. The largest absolute Gasteiger partial charge is 0.464 e. The fourth-order valence-electron chi connectivity index (χ4n) is 10.8. The van der Waals surface area contributed by atoms with E-state index in [1.54, 1.807) is 23.9 Å². The van der Waals surface area contributed by atoms with Gasteiger partial charge in [-0.25, -0.2) is 5.43 Å². The Kier molecular flexibility index (Phi) is 11.9. The normalized spacial score (nSPS) is 31.4. The molecule has 5 fully saturated rings. The summed E-state index contributed by atoms with van der Waals surface area (Å²) in [5, 5.41) is 2.89. The molecule has 1 N–H and O–H groups in total. The van der Waals surface area contributed by atoms with Gasteiger partial charge >= 0.3 is 5.97 Å². The molecule has 1 amide bonds. The number of piperazine rings is 1. The quantitative estimate of drug-likeness (QED) is 0.203. The number of likely N-dealkylation sites (N-methyl/N-ethyl adjacent to an activating group) is 1. The number of rotatable bonds is 8. The molecule has 1 unspecified atom stereocenters. The smallest absolute Gasteiger partial charge is 0.324 e. The number of ketones is 1. The summed E-state index contributed by atoms with van der Waals surface area (Å²) in [6.45, 7) is 18.5. The van der Waals surface area contributed by atoms with E-state index in [-0.39, 0.29) is 42.2 Å². The minimum atomic E-state index is -0.692. The lowest BCUT2D eigenvalue weighted by Crippen LogP contribution is -2.60. The molecule has 1 aliphatic carbocycles. The van der Waals surface area contributed by atoms with Crippen LogP contribution in [-0.2, 0) is 36.8 Å². The van der Waals surface area contributed by atoms with E-state index in [4.69, 9.17) is 14.5 Å². The number of piperidine rings is 1. The number of methoxy groups -OCH3 is 1. The highest BCUT2D eigenvalue weighted by molar-refractivity contribution is 8.08. The number of pyridine rings is 1. The number of hydrogen-bond donors (Lipinski definition) is 1. The maximum Gasteiger partial charge on any atom is 0.324 e. The number of hydrazine groups is 1. The van der Waals surface area contributed by atoms with E-state index in [1.807, 2.05) is 6.20 Å². The Morgan fingerprint density at radius 2 is 1.82 bits per heavy atom. The molecule has 4 saturated heterocycles. The fraction of sp³-hybridized carbons (Fsp3) is 0.667. The summed E-state index contributed by atoms with van der Waals surface area (Å²) in [5.41, 5.74) is 10.9. The van der Waals surface area contributed by atoms with Gasteiger partial charge in [0.25, 0.3) is 0 Å². The summed E-state index contributed by atoms with van der Waals surface area (Å²) >= 11 is 1.66. The maximum absolute atomic E-state index is 14.8. The number of benzene rings is 1. The predicted octanol–water partition coefficient (Wildman–Crippen LogP) is 6.31. The van der Waals surface area contributed by atoms with Gasteiger partial charge in [0.15, 0.2) is 5.78 Å². The molecule has 1 aromatic carbocycles. The van der Waals surface area contributed by atoms with Crippen molar-refractivity contribution in [3.8, 4) is 11.3 Å². The fourth-order valence-corrected chi connectivity index (χ4v) is 12.0. The van der Waals surface area contributed by atoms with E-state index in [0.29, 0.717) is 44.0 Å². The highest BCUT2D eigenvalue weighted by atomic mass is 32.2. The summed E-state index contributed by atoms with van der Waals surface area (Å²) in [6, 6.07) is 8.80. The Labute approximate surface area is 366 Å². The molecule has 8 atom stereocenters. The van der Waals surface area contributed by atoms with Crippen LogP contribution in [-0.4, -0.2) is 132 Å². The van der Waals surface area contributed by atoms with Crippen LogP contribution in [0.15, 0.2) is 30.5 Å². The van der Waals surface area contributed by atoms with Gasteiger partial charge in [0.05, 0.1) is 46.6 Å². The molecule has 3 aromatic rings. The number of nitrogens with zero attached hydrogens (tertiary/aromatic N) is 6. The Hall–Kier alpha value is -3.49. The van der Waals surface area contributed by atoms with Gasteiger partial charge in [-0.2, -0.15) is 0 Å². The van der Waals surface area contributed by atoms with Gasteiger partial charge in [-0.1, -0.05) is 26.8 Å². The minimum absolute atomic E-state index is 0.0467. The van der Waals surface area contributed by atoms with Crippen LogP contribution in [0.5, 0.6) is 0 Å². The predicted molar refractivity (Wildman–Crippen MR) is 242 cm³/mol. The number of aromatic nitrogens is 2. The number of aryl methyl sites for hydroxylation is 1. The van der Waals surface area contributed by atoms with Crippen LogP contribution in [0.1, 0.15) is 95.6 Å². The molecule has 12 nitrogen and oxygen atoms in total. The minimum Gasteiger partial charge on any atom is -0.464 e. The van der Waals surface area contributed by atoms with Crippen LogP contribution in [0.4, 0.5) is 5.69 Å². The van der Waals surface area contributed by atoms with Crippen molar-refractivity contribution in [3.63, 3.8) is 0 Å². The Morgan fingerprint density at radius 1 is 1.07 bits per heavy atom. The Bertz CT molecular complexity index is 2160. The molecule has 6 bridgehead atoms. The van der Waals surface area contributed by atoms with Crippen LogP contribution >= 0.6 is 11.8 Å². The highest BCUT2D eigenvalue weighted by Gasteiger charge is 2.64. The molecule has 13 heteroatoms. The summed E-state index contributed by atoms with van der Waals surface area (Å²) in [6.07, 6.45) is 6.77. The molecular weight excluding hydrogens is 787 g/mol. The lowest BCUT2D eigenvalue weighted by atomic mass is 9.83. The van der Waals surface area contributed by atoms with Gasteiger partial charge in [-0.05, 0) is 107 Å². The van der Waals surface area contributed by atoms with Crippen molar-refractivity contribution >= 4 is 46.0 Å². The number of fused-ring (bicyclic) bond motifs is 6. The second kappa shape index (κ2) is 16.9. The number of ether oxygens (including phenoxy) is 2. The first-order valence-corrected chi connectivity index (χ1v) is 24.1. The molecule has 6 aliphatic rings. The topological polar surface area (TPSA) is 112 Å². The third kappa shape index (κ3) is 8.27. The average Bonchev–Trinajstić information content (AvgIpc) is 4.21. The van der Waals surface area contributed by atoms with Crippen LogP contribution < -0.4 is 10.3 Å². The average molecular weight is 854 g/mol. The number of cyclic esters (lactones) is 1. The van der Waals surface area contributed by atoms with Crippen LogP contribution in [0.25, 0.3) is 22.2 Å². The number of Topliss-reactive ketones (excluding diaryl/α,β-unsaturated/α-hetero) is 1. The van der Waals surface area contributed by atoms with Gasteiger partial charge in [0.2, 0.25) is 5.91 Å². The standard InChI is InChI=1S/C48H67N7O5S/c1-8-54-41-14-13-32-22-36(41)38(43(54)37-23-34(25-49-42(37)31(3)59-7)53-19-17-51(6)18-20-53)24-47(4,5)28-60-46(58)40-12-10-16-55(50-40)45(57)39(27-52-15-9-11-33(32)26-52)48(29-61-48)44(56)35-21-30(35)2/h13-14,22-23,25,30-31,33,35,39-40,50H,8-12,15-21,24,26-29H2,1-7H3/t30-,31-,33-,35-,39-,40-,48+/m0/s1. The number of hydrogen-bond acceptors (Lipinski definition) is 11. The second-order valence-corrected chi connectivity index (χ2v) is 21.2. The monoisotopic (exact) mass is 853 g/mol. The molecule has 0 spiro atoms. The number of anilines is 1. The SMILES string of the molecule is CCn1c(-c2cc(N3CCN(C)CC3)cnc2[C@H](C)OC)c2c3cc(ccc31)[C@H]1CCCN(C1)C[C@H]([C@@]1(C(=O)[C@H]3C[C@@H]3C)CS1)C(=O)N1CCC[C@H](N1)C(=O)OCC(C)(C)C2. The summed E-state index contributed by atoms with van der Waals surface area (Å²) in [5.74, 6) is 0.790. The van der Waals surface area contributed by atoms with Gasteiger partial charge in [0, 0.05) is 93.0 Å². The van der Waals surface area contributed by atoms with E-state index < -0.39 is 22.1 Å². The Morgan fingerprint density at radius 3 is 2.52 bits per heavy atom. The first-order chi connectivity index (χ1) is 29.3. The summed E-state index contributed by atoms with van der Waals surface area (Å²) < 4.78 is 14.0. The molecule has 0 radical (unpaired) electrons. The van der Waals surface area contributed by atoms with E-state index >= 15 is 0 Å². The van der Waals surface area contributed by atoms with E-state index in [1.165, 1.54) is 22.0 Å². The molecule has 9 rings (SSSR count). The highest BCUT2D eigenvalue weighted by Crippen LogP contribution is 2.57. The number of esters is 1. The number of carbonyl (C=O) groups excluding carboxylic acids is 3. The first kappa shape index (κ1) is 42.8. The van der Waals surface area contributed by atoms with Crippen LogP contribution in [0.3, 0.4) is 0 Å². The molecule has 61 heavy (non-hydrogen) atoms. The van der Waals surface area contributed by atoms with Crippen molar-refractivity contribution in [2.24, 2.45) is 23.2 Å². The van der Waals surface area contributed by atoms with Crippen molar-refractivity contribution in [2.45, 2.75) is 102 Å². The zero-order chi connectivity index (χ0) is 42.8. The van der Waals surface area contributed by atoms with Gasteiger partial charge in [-0.3, -0.25) is 24.4 Å². The summed E-state index contributed by atoms with van der Waals surface area (Å²) in [7, 11) is 3.94. The van der Waals surface area contributed by atoms with Crippen molar-refractivity contribution in [1.29, 1.82) is 0 Å². The van der Waals surface area contributed by atoms with Gasteiger partial charge in [0.1, 0.15) is 6.04 Å². The molecule has 7 heterocycles. The Balaban J connectivity index is 1.16. The molecule has 330 valence electrons. The van der Waals surface area contributed by atoms with Crippen molar-refractivity contribution in [3.05, 3.63) is 47.3 Å². The molecule has 1 saturated carbocycles. The van der Waals surface area contributed by atoms with Crippen molar-refractivity contribution < 1.29 is 23.9 Å². The van der Waals surface area contributed by atoms with Gasteiger partial charge in [-0.15, -0.1) is 11.8 Å². The lowest BCUT2D eigenvalue weighted by molar-refractivity contribution is -0.156. The van der Waals surface area contributed by atoms with E-state index in [2.05, 4.69) is 90.6 Å². The van der Waals surface area contributed by atoms with E-state index in [9.17, 15) is 14.4 Å². The summed E-state index contributed by atoms with van der Waals surface area (Å²) in [4.78, 5) is 55.4. The maximum atomic E-state index is 14.8. The third-order valence-corrected chi connectivity index (χ3v) is 16.3. The number of thioether (sulfide) groups is 1. The molecule has 5 aliphatic heterocycles. The molecular formula is C48H67N7O5S. The van der Waals surface area contributed by atoms with E-state index in [0.717, 1.165) is 87.7 Å². The van der Waals surface area contributed by atoms with Gasteiger partial charge < -0.3 is 28.7 Å². The lowest BCUT2D eigenvalue weighted by Gasteiger charge is -2.40.